The quantitative estimate of drug-likeness (QED) is 0.330. The van der Waals surface area contributed by atoms with Crippen molar-refractivity contribution in [3.05, 3.63) is 83.7 Å². The summed E-state index contributed by atoms with van der Waals surface area (Å²) in [6.45, 7) is 5.53. The first-order chi connectivity index (χ1) is 16.5. The van der Waals surface area contributed by atoms with Crippen molar-refractivity contribution in [2.24, 2.45) is 5.41 Å². The Morgan fingerprint density at radius 2 is 1.50 bits per heavy atom. The summed E-state index contributed by atoms with van der Waals surface area (Å²) in [4.78, 5) is 11.9. The molecule has 0 aliphatic heterocycles. The topological polar surface area (TPSA) is 83.5 Å². The molecular formula is C26H25F4NO4S. The standard InChI is InChI=1S/C26H25F4NO4S/c1-25(2,3)15-23(24(32)33)18-12-17(16-4-6-19(7-5-16)26(28,29)30)13-22(14-18)36(34,35)31-21-10-8-20(27)9-11-21/h4-14,23,31H,15H2,1-3H3,(H,32,33). The minimum Gasteiger partial charge on any atom is -0.481 e. The lowest BCUT2D eigenvalue weighted by molar-refractivity contribution is -0.139. The average Bonchev–Trinajstić information content (AvgIpc) is 2.77. The first-order valence-electron chi connectivity index (χ1n) is 10.9. The number of benzene rings is 3. The van der Waals surface area contributed by atoms with Crippen molar-refractivity contribution in [3.63, 3.8) is 0 Å². The number of anilines is 1. The van der Waals surface area contributed by atoms with Gasteiger partial charge in [0.15, 0.2) is 0 Å². The number of carbonyl (C=O) groups is 1. The van der Waals surface area contributed by atoms with Gasteiger partial charge in [-0.2, -0.15) is 13.2 Å². The number of sulfonamides is 1. The van der Waals surface area contributed by atoms with E-state index in [0.717, 1.165) is 24.3 Å². The van der Waals surface area contributed by atoms with E-state index in [4.69, 9.17) is 0 Å². The van der Waals surface area contributed by atoms with Crippen LogP contribution in [0.2, 0.25) is 0 Å². The summed E-state index contributed by atoms with van der Waals surface area (Å²) >= 11 is 0. The summed E-state index contributed by atoms with van der Waals surface area (Å²) in [5, 5.41) is 9.91. The number of aliphatic carboxylic acids is 1. The van der Waals surface area contributed by atoms with Gasteiger partial charge in [0.1, 0.15) is 5.82 Å². The van der Waals surface area contributed by atoms with Gasteiger partial charge >= 0.3 is 12.1 Å². The molecule has 0 saturated heterocycles. The molecule has 0 fully saturated rings. The zero-order valence-electron chi connectivity index (χ0n) is 19.7. The molecule has 5 nitrogen and oxygen atoms in total. The minimum absolute atomic E-state index is 0.0855. The number of carboxylic acids is 1. The highest BCUT2D eigenvalue weighted by molar-refractivity contribution is 7.92. The van der Waals surface area contributed by atoms with Crippen molar-refractivity contribution in [1.82, 2.24) is 0 Å². The van der Waals surface area contributed by atoms with Gasteiger partial charge in [-0.1, -0.05) is 39.0 Å². The second-order valence-corrected chi connectivity index (χ2v) is 11.3. The molecule has 3 aromatic rings. The van der Waals surface area contributed by atoms with E-state index in [-0.39, 0.29) is 33.7 Å². The van der Waals surface area contributed by atoms with Gasteiger partial charge in [0.25, 0.3) is 10.0 Å². The first kappa shape index (κ1) is 27.2. The van der Waals surface area contributed by atoms with Crippen molar-refractivity contribution in [2.75, 3.05) is 4.72 Å². The maximum atomic E-state index is 13.2. The molecule has 192 valence electrons. The van der Waals surface area contributed by atoms with Gasteiger partial charge in [0, 0.05) is 5.69 Å². The lowest BCUT2D eigenvalue weighted by Crippen LogP contribution is -2.20. The maximum absolute atomic E-state index is 13.2. The predicted octanol–water partition coefficient (Wildman–Crippen LogP) is 6.92. The lowest BCUT2D eigenvalue weighted by Gasteiger charge is -2.24. The van der Waals surface area contributed by atoms with E-state index >= 15 is 0 Å². The zero-order valence-corrected chi connectivity index (χ0v) is 20.5. The summed E-state index contributed by atoms with van der Waals surface area (Å²) in [6.07, 6.45) is -4.36. The van der Waals surface area contributed by atoms with Crippen molar-refractivity contribution in [3.8, 4) is 11.1 Å². The highest BCUT2D eigenvalue weighted by Crippen LogP contribution is 2.36. The molecule has 3 rings (SSSR count). The smallest absolute Gasteiger partial charge is 0.416 e. The second-order valence-electron chi connectivity index (χ2n) is 9.63. The van der Waals surface area contributed by atoms with E-state index in [0.29, 0.717) is 0 Å². The van der Waals surface area contributed by atoms with Crippen LogP contribution in [0, 0.1) is 11.2 Å². The maximum Gasteiger partial charge on any atom is 0.416 e. The van der Waals surface area contributed by atoms with Crippen molar-refractivity contribution in [2.45, 2.75) is 44.2 Å². The number of alkyl halides is 3. The van der Waals surface area contributed by atoms with Crippen LogP contribution < -0.4 is 4.72 Å². The Labute approximate surface area is 206 Å². The van der Waals surface area contributed by atoms with Gasteiger partial charge in [-0.05, 0) is 77.1 Å². The van der Waals surface area contributed by atoms with Gasteiger partial charge in [-0.3, -0.25) is 9.52 Å². The molecule has 0 aromatic heterocycles. The Kier molecular flexibility index (Phi) is 7.50. The minimum atomic E-state index is -4.55. The van der Waals surface area contributed by atoms with Crippen LogP contribution in [0.25, 0.3) is 11.1 Å². The molecule has 0 spiro atoms. The van der Waals surface area contributed by atoms with Crippen LogP contribution in [-0.4, -0.2) is 19.5 Å². The van der Waals surface area contributed by atoms with Gasteiger partial charge in [0.05, 0.1) is 16.4 Å². The van der Waals surface area contributed by atoms with Gasteiger partial charge in [0.2, 0.25) is 0 Å². The number of nitrogens with one attached hydrogen (secondary N) is 1. The fourth-order valence-corrected chi connectivity index (χ4v) is 4.83. The summed E-state index contributed by atoms with van der Waals surface area (Å²) in [7, 11) is -4.26. The zero-order chi connectivity index (χ0) is 26.9. The number of hydrogen-bond donors (Lipinski definition) is 2. The van der Waals surface area contributed by atoms with E-state index in [1.54, 1.807) is 0 Å². The molecule has 1 unspecified atom stereocenters. The van der Waals surface area contributed by atoms with E-state index in [1.807, 2.05) is 20.8 Å². The molecule has 0 amide bonds. The largest absolute Gasteiger partial charge is 0.481 e. The number of hydrogen-bond acceptors (Lipinski definition) is 3. The third kappa shape index (κ3) is 6.84. The van der Waals surface area contributed by atoms with Crippen LogP contribution in [0.15, 0.2) is 71.6 Å². The highest BCUT2D eigenvalue weighted by Gasteiger charge is 2.31. The third-order valence-corrected chi connectivity index (χ3v) is 6.76. The Bertz CT molecular complexity index is 1340. The molecule has 0 aliphatic rings. The summed E-state index contributed by atoms with van der Waals surface area (Å²) in [6, 6.07) is 12.7. The number of halogens is 4. The SMILES string of the molecule is CC(C)(C)CC(C(=O)O)c1cc(-c2ccc(C(F)(F)F)cc2)cc(S(=O)(=O)Nc2ccc(F)cc2)c1. The third-order valence-electron chi connectivity index (χ3n) is 5.40. The van der Waals surface area contributed by atoms with Crippen molar-refractivity contribution in [1.29, 1.82) is 0 Å². The molecule has 1 atom stereocenters. The van der Waals surface area contributed by atoms with Gasteiger partial charge in [-0.15, -0.1) is 0 Å². The van der Waals surface area contributed by atoms with E-state index in [9.17, 15) is 35.9 Å². The van der Waals surface area contributed by atoms with Crippen LogP contribution >= 0.6 is 0 Å². The highest BCUT2D eigenvalue weighted by atomic mass is 32.2. The number of carboxylic acid groups (broad SMARTS) is 1. The lowest BCUT2D eigenvalue weighted by atomic mass is 9.81. The Hall–Kier alpha value is -3.40. The second kappa shape index (κ2) is 9.93. The average molecular weight is 524 g/mol. The Balaban J connectivity index is 2.15. The van der Waals surface area contributed by atoms with Crippen LogP contribution in [0.4, 0.5) is 23.2 Å². The van der Waals surface area contributed by atoms with Crippen LogP contribution in [-0.2, 0) is 21.0 Å². The normalized spacial score (nSPS) is 13.3. The van der Waals surface area contributed by atoms with Gasteiger partial charge in [-0.25, -0.2) is 12.8 Å². The Morgan fingerprint density at radius 3 is 2.00 bits per heavy atom. The fourth-order valence-electron chi connectivity index (χ4n) is 3.69. The summed E-state index contributed by atoms with van der Waals surface area (Å²) in [5.74, 6) is -2.79. The summed E-state index contributed by atoms with van der Waals surface area (Å²) in [5.41, 5.74) is -0.497. The van der Waals surface area contributed by atoms with Crippen molar-refractivity contribution < 1.29 is 35.9 Å². The van der Waals surface area contributed by atoms with Crippen LogP contribution in [0.5, 0.6) is 0 Å². The monoisotopic (exact) mass is 523 g/mol. The molecule has 3 aromatic carbocycles. The molecule has 0 saturated carbocycles. The molecule has 10 heteroatoms. The number of rotatable bonds is 7. The summed E-state index contributed by atoms with van der Waals surface area (Å²) < 4.78 is 81.0. The van der Waals surface area contributed by atoms with E-state index in [2.05, 4.69) is 4.72 Å². The van der Waals surface area contributed by atoms with E-state index in [1.165, 1.54) is 42.5 Å². The molecule has 0 heterocycles. The fraction of sp³-hybridized carbons (Fsp3) is 0.269. The van der Waals surface area contributed by atoms with Crippen LogP contribution in [0.3, 0.4) is 0 Å². The molecule has 36 heavy (non-hydrogen) atoms. The van der Waals surface area contributed by atoms with Gasteiger partial charge < -0.3 is 5.11 Å². The molecular weight excluding hydrogens is 498 g/mol. The molecule has 0 aliphatic carbocycles. The molecule has 0 radical (unpaired) electrons. The molecule has 2 N–H and O–H groups in total. The first-order valence-corrected chi connectivity index (χ1v) is 12.4. The van der Waals surface area contributed by atoms with Crippen LogP contribution in [0.1, 0.15) is 44.2 Å². The molecule has 0 bridgehead atoms. The predicted molar refractivity (Wildman–Crippen MR) is 129 cm³/mol. The van der Waals surface area contributed by atoms with E-state index < -0.39 is 44.9 Å². The Morgan fingerprint density at radius 1 is 0.917 bits per heavy atom. The van der Waals surface area contributed by atoms with Crippen molar-refractivity contribution >= 4 is 21.7 Å².